The zero-order valence-corrected chi connectivity index (χ0v) is 9.59. The summed E-state index contributed by atoms with van der Waals surface area (Å²) in [5, 5.41) is 3.17. The Kier molecular flexibility index (Phi) is 3.25. The Morgan fingerprint density at radius 2 is 2.25 bits per heavy atom. The van der Waals surface area contributed by atoms with E-state index < -0.39 is 0 Å². The van der Waals surface area contributed by atoms with Crippen LogP contribution in [0.4, 0.5) is 4.39 Å². The number of nitrogens with one attached hydrogen (secondary N) is 1. The second kappa shape index (κ2) is 4.66. The average Bonchev–Trinajstić information content (AvgIpc) is 2.78. The summed E-state index contributed by atoms with van der Waals surface area (Å²) >= 11 is 0. The van der Waals surface area contributed by atoms with E-state index in [1.807, 2.05) is 14.0 Å². The largest absolute Gasteiger partial charge is 0.496 e. The second-order valence-electron chi connectivity index (χ2n) is 3.97. The molecule has 0 radical (unpaired) electrons. The molecule has 0 spiro atoms. The van der Waals surface area contributed by atoms with Crippen molar-refractivity contribution in [3.05, 3.63) is 47.0 Å². The molecule has 0 aromatic heterocycles. The van der Waals surface area contributed by atoms with Gasteiger partial charge in [-0.05, 0) is 43.3 Å². The predicted molar refractivity (Wildman–Crippen MR) is 61.6 cm³/mol. The zero-order valence-electron chi connectivity index (χ0n) is 9.59. The van der Waals surface area contributed by atoms with E-state index in [1.54, 1.807) is 12.1 Å². The minimum Gasteiger partial charge on any atom is -0.496 e. The van der Waals surface area contributed by atoms with Crippen LogP contribution in [0.15, 0.2) is 30.0 Å². The third kappa shape index (κ3) is 2.09. The van der Waals surface area contributed by atoms with E-state index in [1.165, 1.54) is 6.07 Å². The van der Waals surface area contributed by atoms with Gasteiger partial charge in [-0.3, -0.25) is 0 Å². The molecule has 1 aliphatic rings. The van der Waals surface area contributed by atoms with Gasteiger partial charge < -0.3 is 10.1 Å². The fraction of sp³-hybridized carbons (Fsp3) is 0.385. The average molecular weight is 221 g/mol. The molecule has 1 heterocycles. The van der Waals surface area contributed by atoms with E-state index in [4.69, 9.17) is 4.74 Å². The van der Waals surface area contributed by atoms with Crippen molar-refractivity contribution in [2.75, 3.05) is 13.7 Å². The number of aryl methyl sites for hydroxylation is 1. The Morgan fingerprint density at radius 1 is 1.44 bits per heavy atom. The maximum absolute atomic E-state index is 13.2. The number of hydrogen-bond donors (Lipinski definition) is 1. The van der Waals surface area contributed by atoms with Crippen LogP contribution in [-0.2, 0) is 4.74 Å². The fourth-order valence-electron chi connectivity index (χ4n) is 2.01. The highest BCUT2D eigenvalue weighted by Crippen LogP contribution is 2.28. The Balaban J connectivity index is 2.35. The lowest BCUT2D eigenvalue weighted by Gasteiger charge is -2.20. The summed E-state index contributed by atoms with van der Waals surface area (Å²) < 4.78 is 18.8. The molecule has 86 valence electrons. The molecule has 2 nitrogen and oxygen atoms in total. The molecular weight excluding hydrogens is 205 g/mol. The molecule has 1 aliphatic heterocycles. The molecule has 0 amide bonds. The summed E-state index contributed by atoms with van der Waals surface area (Å²) in [6, 6.07) is 4.80. The highest BCUT2D eigenvalue weighted by molar-refractivity contribution is 5.34. The predicted octanol–water partition coefficient (Wildman–Crippen LogP) is 2.70. The van der Waals surface area contributed by atoms with Gasteiger partial charge in [0.25, 0.3) is 0 Å². The number of benzene rings is 1. The van der Waals surface area contributed by atoms with Crippen LogP contribution in [0, 0.1) is 12.7 Å². The normalized spacial score (nSPS) is 16.8. The molecular formula is C13H16FNO. The number of halogens is 1. The summed E-state index contributed by atoms with van der Waals surface area (Å²) in [6.07, 6.45) is 2.99. The molecule has 1 aromatic rings. The van der Waals surface area contributed by atoms with E-state index in [2.05, 4.69) is 11.4 Å². The van der Waals surface area contributed by atoms with Crippen LogP contribution in [-0.4, -0.2) is 13.7 Å². The molecule has 1 N–H and O–H groups in total. The Bertz CT molecular complexity index is 414. The van der Waals surface area contributed by atoms with Crippen LogP contribution in [0.5, 0.6) is 0 Å². The summed E-state index contributed by atoms with van der Waals surface area (Å²) in [5.74, 6) is 0.690. The highest BCUT2D eigenvalue weighted by Gasteiger charge is 2.20. The first-order valence-electron chi connectivity index (χ1n) is 5.48. The Labute approximate surface area is 95.1 Å². The molecule has 0 aliphatic carbocycles. The zero-order chi connectivity index (χ0) is 11.5. The van der Waals surface area contributed by atoms with Crippen molar-refractivity contribution < 1.29 is 9.13 Å². The molecule has 0 fully saturated rings. The minimum absolute atomic E-state index is 0.0433. The lowest BCUT2D eigenvalue weighted by atomic mass is 9.99. The van der Waals surface area contributed by atoms with Gasteiger partial charge in [0.1, 0.15) is 11.6 Å². The van der Waals surface area contributed by atoms with E-state index >= 15 is 0 Å². The smallest absolute Gasteiger partial charge is 0.123 e. The molecule has 2 rings (SSSR count). The first-order valence-corrected chi connectivity index (χ1v) is 5.48. The van der Waals surface area contributed by atoms with Gasteiger partial charge in [0.2, 0.25) is 0 Å². The van der Waals surface area contributed by atoms with Crippen LogP contribution in [0.1, 0.15) is 23.6 Å². The summed E-state index contributed by atoms with van der Waals surface area (Å²) in [5.41, 5.74) is 2.01. The van der Waals surface area contributed by atoms with Crippen LogP contribution in [0.2, 0.25) is 0 Å². The van der Waals surface area contributed by atoms with Crippen molar-refractivity contribution in [1.29, 1.82) is 0 Å². The molecule has 0 bridgehead atoms. The van der Waals surface area contributed by atoms with Crippen molar-refractivity contribution in [2.24, 2.45) is 0 Å². The minimum atomic E-state index is -0.209. The fourth-order valence-corrected chi connectivity index (χ4v) is 2.01. The summed E-state index contributed by atoms with van der Waals surface area (Å²) in [4.78, 5) is 0. The van der Waals surface area contributed by atoms with E-state index in [0.29, 0.717) is 0 Å². The third-order valence-electron chi connectivity index (χ3n) is 2.86. The lowest BCUT2D eigenvalue weighted by Crippen LogP contribution is -2.20. The topological polar surface area (TPSA) is 21.3 Å². The van der Waals surface area contributed by atoms with Gasteiger partial charge in [-0.1, -0.05) is 6.07 Å². The van der Waals surface area contributed by atoms with Crippen molar-refractivity contribution in [3.8, 4) is 0 Å². The summed E-state index contributed by atoms with van der Waals surface area (Å²) in [7, 11) is 1.86. The van der Waals surface area contributed by atoms with E-state index in [-0.39, 0.29) is 11.9 Å². The number of ether oxygens (including phenoxy) is 1. The van der Waals surface area contributed by atoms with Gasteiger partial charge in [-0.25, -0.2) is 4.39 Å². The first-order chi connectivity index (χ1) is 7.72. The quantitative estimate of drug-likeness (QED) is 0.847. The van der Waals surface area contributed by atoms with Crippen molar-refractivity contribution >= 4 is 0 Å². The molecule has 0 saturated heterocycles. The highest BCUT2D eigenvalue weighted by atomic mass is 19.1. The number of rotatable bonds is 3. The van der Waals surface area contributed by atoms with Gasteiger partial charge in [-0.2, -0.15) is 0 Å². The van der Waals surface area contributed by atoms with Crippen LogP contribution in [0.3, 0.4) is 0 Å². The van der Waals surface area contributed by atoms with E-state index in [9.17, 15) is 4.39 Å². The lowest BCUT2D eigenvalue weighted by molar-refractivity contribution is 0.217. The first kappa shape index (κ1) is 11.1. The van der Waals surface area contributed by atoms with Crippen LogP contribution >= 0.6 is 0 Å². The van der Waals surface area contributed by atoms with Crippen molar-refractivity contribution in [1.82, 2.24) is 5.32 Å². The molecule has 1 unspecified atom stereocenters. The van der Waals surface area contributed by atoms with Gasteiger partial charge in [0.15, 0.2) is 0 Å². The third-order valence-corrected chi connectivity index (χ3v) is 2.86. The van der Waals surface area contributed by atoms with Gasteiger partial charge >= 0.3 is 0 Å². The molecule has 1 atom stereocenters. The number of hydrogen-bond acceptors (Lipinski definition) is 2. The van der Waals surface area contributed by atoms with Crippen LogP contribution < -0.4 is 5.32 Å². The van der Waals surface area contributed by atoms with Crippen molar-refractivity contribution in [3.63, 3.8) is 0 Å². The standard InChI is InChI=1S/C13H16FNO/c1-9-5-6-10(14)8-11(9)13(15-2)12-4-3-7-16-12/h4-6,8,13,15H,3,7H2,1-2H3. The van der Waals surface area contributed by atoms with Gasteiger partial charge in [-0.15, -0.1) is 0 Å². The molecule has 0 saturated carbocycles. The Morgan fingerprint density at radius 3 is 2.88 bits per heavy atom. The van der Waals surface area contributed by atoms with E-state index in [0.717, 1.165) is 29.9 Å². The monoisotopic (exact) mass is 221 g/mol. The maximum atomic E-state index is 13.2. The Hall–Kier alpha value is -1.35. The van der Waals surface area contributed by atoms with Crippen LogP contribution in [0.25, 0.3) is 0 Å². The maximum Gasteiger partial charge on any atom is 0.123 e. The number of likely N-dealkylation sites (N-methyl/N-ethyl adjacent to an activating group) is 1. The van der Waals surface area contributed by atoms with Gasteiger partial charge in [0.05, 0.1) is 12.6 Å². The van der Waals surface area contributed by atoms with Crippen molar-refractivity contribution in [2.45, 2.75) is 19.4 Å². The van der Waals surface area contributed by atoms with Gasteiger partial charge in [0, 0.05) is 6.42 Å². The molecule has 16 heavy (non-hydrogen) atoms. The SMILES string of the molecule is CNC(C1=CCCO1)c1cc(F)ccc1C. The molecule has 1 aromatic carbocycles. The molecule has 3 heteroatoms. The second-order valence-corrected chi connectivity index (χ2v) is 3.97. The summed E-state index contributed by atoms with van der Waals surface area (Å²) in [6.45, 7) is 2.70.